The number of nitrogens with zero attached hydrogens (tertiary/aromatic N) is 1. The van der Waals surface area contributed by atoms with Crippen molar-refractivity contribution in [2.75, 3.05) is 26.2 Å². The van der Waals surface area contributed by atoms with Crippen LogP contribution in [-0.2, 0) is 6.42 Å². The summed E-state index contributed by atoms with van der Waals surface area (Å²) in [4.78, 5) is 4.24. The second-order valence-corrected chi connectivity index (χ2v) is 5.88. The number of hydrogen-bond acceptors (Lipinski definition) is 3. The minimum absolute atomic E-state index is 0.816. The molecule has 1 aromatic heterocycles. The van der Waals surface area contributed by atoms with Gasteiger partial charge in [0.1, 0.15) is 0 Å². The maximum absolute atomic E-state index is 3.46. The molecular weight excluding hydrogens is 228 g/mol. The molecule has 1 aliphatic rings. The summed E-state index contributed by atoms with van der Waals surface area (Å²) in [5.74, 6) is 0. The molecule has 2 rings (SSSR count). The van der Waals surface area contributed by atoms with Gasteiger partial charge >= 0.3 is 0 Å². The summed E-state index contributed by atoms with van der Waals surface area (Å²) >= 11 is 1.89. The molecule has 0 radical (unpaired) electrons. The topological polar surface area (TPSA) is 15.3 Å². The van der Waals surface area contributed by atoms with Crippen LogP contribution in [-0.4, -0.2) is 37.1 Å². The van der Waals surface area contributed by atoms with Gasteiger partial charge in [0.15, 0.2) is 0 Å². The predicted molar refractivity (Wildman–Crippen MR) is 75.8 cm³/mol. The Hall–Kier alpha value is -0.380. The van der Waals surface area contributed by atoms with Crippen LogP contribution >= 0.6 is 11.3 Å². The number of thiophene rings is 1. The van der Waals surface area contributed by atoms with Crippen molar-refractivity contribution in [1.82, 2.24) is 10.2 Å². The summed E-state index contributed by atoms with van der Waals surface area (Å²) in [6.45, 7) is 7.18. The number of hydrogen-bond donors (Lipinski definition) is 1. The van der Waals surface area contributed by atoms with E-state index in [1.807, 2.05) is 11.3 Å². The van der Waals surface area contributed by atoms with E-state index in [1.165, 1.54) is 56.7 Å². The Bertz CT molecular complexity index is 291. The van der Waals surface area contributed by atoms with E-state index < -0.39 is 0 Å². The van der Waals surface area contributed by atoms with Crippen molar-refractivity contribution in [2.45, 2.75) is 38.6 Å². The van der Waals surface area contributed by atoms with Gasteiger partial charge in [-0.25, -0.2) is 0 Å². The highest BCUT2D eigenvalue weighted by atomic mass is 32.1. The monoisotopic (exact) mass is 252 g/mol. The van der Waals surface area contributed by atoms with Crippen molar-refractivity contribution in [2.24, 2.45) is 0 Å². The molecule has 0 atom stereocenters. The Labute approximate surface area is 109 Å². The van der Waals surface area contributed by atoms with Crippen LogP contribution in [0.5, 0.6) is 0 Å². The molecule has 0 spiro atoms. The van der Waals surface area contributed by atoms with Gasteiger partial charge in [-0.3, -0.25) is 4.90 Å². The van der Waals surface area contributed by atoms with Gasteiger partial charge in [0.2, 0.25) is 0 Å². The van der Waals surface area contributed by atoms with Crippen LogP contribution in [0.1, 0.15) is 31.1 Å². The Morgan fingerprint density at radius 2 is 2.18 bits per heavy atom. The summed E-state index contributed by atoms with van der Waals surface area (Å²) in [7, 11) is 0. The fourth-order valence-electron chi connectivity index (χ4n) is 2.64. The molecule has 0 aromatic carbocycles. The highest BCUT2D eigenvalue weighted by molar-refractivity contribution is 7.09. The maximum atomic E-state index is 3.46. The first-order valence-corrected chi connectivity index (χ1v) is 7.75. The Morgan fingerprint density at radius 1 is 1.35 bits per heavy atom. The highest BCUT2D eigenvalue weighted by Gasteiger charge is 2.19. The molecule has 17 heavy (non-hydrogen) atoms. The van der Waals surface area contributed by atoms with E-state index >= 15 is 0 Å². The second-order valence-electron chi connectivity index (χ2n) is 4.85. The van der Waals surface area contributed by atoms with Crippen molar-refractivity contribution in [1.29, 1.82) is 0 Å². The van der Waals surface area contributed by atoms with E-state index in [0.717, 1.165) is 6.04 Å². The van der Waals surface area contributed by atoms with Crippen LogP contribution in [0.4, 0.5) is 0 Å². The van der Waals surface area contributed by atoms with Gasteiger partial charge in [-0.2, -0.15) is 0 Å². The molecule has 96 valence electrons. The average molecular weight is 252 g/mol. The van der Waals surface area contributed by atoms with Crippen molar-refractivity contribution in [3.8, 4) is 0 Å². The maximum Gasteiger partial charge on any atom is 0.0119 e. The third-order valence-electron chi connectivity index (χ3n) is 3.56. The molecule has 1 aliphatic heterocycles. The van der Waals surface area contributed by atoms with Crippen LogP contribution in [0, 0.1) is 0 Å². The first kappa shape index (κ1) is 13.1. The molecule has 1 aromatic rings. The van der Waals surface area contributed by atoms with Crippen LogP contribution in [0.2, 0.25) is 0 Å². The summed E-state index contributed by atoms with van der Waals surface area (Å²) in [5.41, 5.74) is 0. The van der Waals surface area contributed by atoms with Crippen LogP contribution in [0.25, 0.3) is 0 Å². The van der Waals surface area contributed by atoms with Crippen molar-refractivity contribution < 1.29 is 0 Å². The van der Waals surface area contributed by atoms with Gasteiger partial charge in [0, 0.05) is 17.5 Å². The van der Waals surface area contributed by atoms with Crippen molar-refractivity contribution >= 4 is 11.3 Å². The Morgan fingerprint density at radius 3 is 2.82 bits per heavy atom. The molecule has 0 saturated carbocycles. The fraction of sp³-hybridized carbons (Fsp3) is 0.714. The molecule has 3 heteroatoms. The second kappa shape index (κ2) is 7.14. The molecule has 0 amide bonds. The lowest BCUT2D eigenvalue weighted by atomic mass is 10.0. The lowest BCUT2D eigenvalue weighted by Gasteiger charge is -2.34. The normalized spacial score (nSPS) is 17.8. The van der Waals surface area contributed by atoms with Crippen LogP contribution < -0.4 is 5.32 Å². The number of nitrogens with one attached hydrogen (secondary N) is 1. The van der Waals surface area contributed by atoms with Crippen molar-refractivity contribution in [3.63, 3.8) is 0 Å². The minimum Gasteiger partial charge on any atom is -0.317 e. The SMILES string of the molecule is CCCN(CCc1cccs1)C1CCNCC1. The molecule has 1 N–H and O–H groups in total. The van der Waals surface area contributed by atoms with Gasteiger partial charge in [-0.15, -0.1) is 11.3 Å². The molecule has 0 bridgehead atoms. The predicted octanol–water partition coefficient (Wildman–Crippen LogP) is 2.75. The molecule has 0 unspecified atom stereocenters. The quantitative estimate of drug-likeness (QED) is 0.837. The van der Waals surface area contributed by atoms with Gasteiger partial charge in [0.25, 0.3) is 0 Å². The molecule has 1 fully saturated rings. The van der Waals surface area contributed by atoms with Gasteiger partial charge < -0.3 is 5.32 Å². The lowest BCUT2D eigenvalue weighted by molar-refractivity contribution is 0.164. The number of rotatable bonds is 6. The van der Waals surface area contributed by atoms with E-state index in [1.54, 1.807) is 0 Å². The smallest absolute Gasteiger partial charge is 0.0119 e. The van der Waals surface area contributed by atoms with Gasteiger partial charge in [0.05, 0.1) is 0 Å². The Kier molecular flexibility index (Phi) is 5.49. The lowest BCUT2D eigenvalue weighted by Crippen LogP contribution is -2.44. The third-order valence-corrected chi connectivity index (χ3v) is 4.50. The summed E-state index contributed by atoms with van der Waals surface area (Å²) in [6.07, 6.45) is 5.14. The number of piperidine rings is 1. The summed E-state index contributed by atoms with van der Waals surface area (Å²) < 4.78 is 0. The zero-order valence-corrected chi connectivity index (χ0v) is 11.6. The Balaban J connectivity index is 1.82. The molecular formula is C14H24N2S. The summed E-state index contributed by atoms with van der Waals surface area (Å²) in [5, 5.41) is 5.64. The fourth-order valence-corrected chi connectivity index (χ4v) is 3.34. The zero-order chi connectivity index (χ0) is 11.9. The minimum atomic E-state index is 0.816. The molecule has 0 aliphatic carbocycles. The van der Waals surface area contributed by atoms with E-state index in [4.69, 9.17) is 0 Å². The standard InChI is InChI=1S/C14H24N2S/c1-2-10-16(13-5-8-15-9-6-13)11-7-14-4-3-12-17-14/h3-4,12-13,15H,2,5-11H2,1H3. The molecule has 1 saturated heterocycles. The van der Waals surface area contributed by atoms with Crippen LogP contribution in [0.3, 0.4) is 0 Å². The van der Waals surface area contributed by atoms with E-state index in [0.29, 0.717) is 0 Å². The first-order valence-electron chi connectivity index (χ1n) is 6.87. The van der Waals surface area contributed by atoms with Gasteiger partial charge in [-0.05, 0) is 56.8 Å². The highest BCUT2D eigenvalue weighted by Crippen LogP contribution is 2.15. The first-order chi connectivity index (χ1) is 8.40. The summed E-state index contributed by atoms with van der Waals surface area (Å²) in [6, 6.07) is 5.24. The van der Waals surface area contributed by atoms with E-state index in [9.17, 15) is 0 Å². The average Bonchev–Trinajstić information content (AvgIpc) is 2.88. The van der Waals surface area contributed by atoms with E-state index in [2.05, 4.69) is 34.7 Å². The molecule has 2 heterocycles. The largest absolute Gasteiger partial charge is 0.317 e. The zero-order valence-electron chi connectivity index (χ0n) is 10.8. The molecule has 2 nitrogen and oxygen atoms in total. The van der Waals surface area contributed by atoms with Gasteiger partial charge in [-0.1, -0.05) is 13.0 Å². The van der Waals surface area contributed by atoms with Crippen LogP contribution in [0.15, 0.2) is 17.5 Å². The third kappa shape index (κ3) is 4.09. The van der Waals surface area contributed by atoms with E-state index in [-0.39, 0.29) is 0 Å². The van der Waals surface area contributed by atoms with Crippen molar-refractivity contribution in [3.05, 3.63) is 22.4 Å².